The van der Waals surface area contributed by atoms with E-state index >= 15 is 0 Å². The normalized spacial score (nSPS) is 10.6. The summed E-state index contributed by atoms with van der Waals surface area (Å²) < 4.78 is 1.77. The van der Waals surface area contributed by atoms with Gasteiger partial charge in [0.2, 0.25) is 0 Å². The number of hydrogen-bond donors (Lipinski definition) is 1. The Morgan fingerprint density at radius 3 is 2.75 bits per heavy atom. The molecule has 0 spiro atoms. The zero-order valence-corrected chi connectivity index (χ0v) is 9.94. The maximum atomic E-state index is 5.62. The largest absolute Gasteiger partial charge is 0.399 e. The zero-order valence-electron chi connectivity index (χ0n) is 9.13. The minimum absolute atomic E-state index is 0.773. The van der Waals surface area contributed by atoms with Crippen molar-refractivity contribution in [3.8, 4) is 0 Å². The Hall–Kier alpha value is -1.49. The molecule has 0 aliphatic heterocycles. The summed E-state index contributed by atoms with van der Waals surface area (Å²) in [6.07, 6.45) is 3.73. The molecule has 0 fully saturated rings. The highest BCUT2D eigenvalue weighted by molar-refractivity contribution is 7.97. The molecule has 1 heterocycles. The van der Waals surface area contributed by atoms with Crippen LogP contribution in [0.25, 0.3) is 0 Å². The fourth-order valence-electron chi connectivity index (χ4n) is 1.30. The number of rotatable bonds is 4. The molecule has 5 heteroatoms. The lowest BCUT2D eigenvalue weighted by atomic mass is 10.3. The second-order valence-corrected chi connectivity index (χ2v) is 4.50. The average molecular weight is 234 g/mol. The number of nitrogens with two attached hydrogens (primary N) is 1. The van der Waals surface area contributed by atoms with Crippen molar-refractivity contribution in [1.29, 1.82) is 0 Å². The number of benzene rings is 1. The van der Waals surface area contributed by atoms with E-state index in [4.69, 9.17) is 5.73 Å². The molecule has 0 saturated heterocycles. The van der Waals surface area contributed by atoms with Gasteiger partial charge in [0.25, 0.3) is 0 Å². The van der Waals surface area contributed by atoms with Crippen LogP contribution in [0.2, 0.25) is 0 Å². The predicted octanol–water partition coefficient (Wildman–Crippen LogP) is 2.37. The molecule has 16 heavy (non-hydrogen) atoms. The molecule has 0 aliphatic carbocycles. The Labute approximate surface area is 99.0 Å². The highest BCUT2D eigenvalue weighted by atomic mass is 32.2. The summed E-state index contributed by atoms with van der Waals surface area (Å²) in [6.45, 7) is 2.12. The molecule has 0 atom stereocenters. The van der Waals surface area contributed by atoms with Crippen molar-refractivity contribution in [2.75, 3.05) is 5.73 Å². The molecule has 1 aromatic carbocycles. The second kappa shape index (κ2) is 5.03. The van der Waals surface area contributed by atoms with Crippen molar-refractivity contribution in [2.45, 2.75) is 24.7 Å². The maximum Gasteiger partial charge on any atom is 0.151 e. The summed E-state index contributed by atoms with van der Waals surface area (Å²) >= 11 is 1.53. The van der Waals surface area contributed by atoms with E-state index in [-0.39, 0.29) is 0 Å². The van der Waals surface area contributed by atoms with Crippen LogP contribution >= 0.6 is 11.9 Å². The molecular formula is C11H14N4S. The van der Waals surface area contributed by atoms with Gasteiger partial charge in [-0.25, -0.2) is 4.98 Å². The Kier molecular flexibility index (Phi) is 3.46. The number of anilines is 1. The molecule has 2 rings (SSSR count). The van der Waals surface area contributed by atoms with Gasteiger partial charge in [0.15, 0.2) is 5.82 Å². The topological polar surface area (TPSA) is 56.7 Å². The Morgan fingerprint density at radius 1 is 1.31 bits per heavy atom. The van der Waals surface area contributed by atoms with Gasteiger partial charge in [-0.3, -0.25) is 0 Å². The van der Waals surface area contributed by atoms with Crippen molar-refractivity contribution in [1.82, 2.24) is 14.2 Å². The van der Waals surface area contributed by atoms with E-state index in [0.29, 0.717) is 0 Å². The summed E-state index contributed by atoms with van der Waals surface area (Å²) in [5.41, 5.74) is 6.39. The number of nitrogens with zero attached hydrogens (tertiary/aromatic N) is 3. The van der Waals surface area contributed by atoms with E-state index in [9.17, 15) is 0 Å². The third-order valence-corrected chi connectivity index (χ3v) is 2.92. The minimum atomic E-state index is 0.773. The van der Waals surface area contributed by atoms with Crippen LogP contribution in [0.4, 0.5) is 5.69 Å². The lowest BCUT2D eigenvalue weighted by Gasteiger charge is -1.99. The smallest absolute Gasteiger partial charge is 0.151 e. The van der Waals surface area contributed by atoms with Gasteiger partial charge in [0.1, 0.15) is 6.33 Å². The monoisotopic (exact) mass is 234 g/mol. The van der Waals surface area contributed by atoms with Crippen LogP contribution in [0.5, 0.6) is 0 Å². The number of aryl methyl sites for hydroxylation is 1. The number of nitrogen functional groups attached to an aromatic ring is 1. The first-order chi connectivity index (χ1) is 7.78. The van der Waals surface area contributed by atoms with Crippen LogP contribution in [0, 0.1) is 0 Å². The molecular weight excluding hydrogens is 220 g/mol. The SMILES string of the molecule is CCCc1ncn(Sc2ccc(N)cc2)n1. The Balaban J connectivity index is 2.05. The predicted molar refractivity (Wildman–Crippen MR) is 66.1 cm³/mol. The van der Waals surface area contributed by atoms with Crippen LogP contribution in [0.3, 0.4) is 0 Å². The van der Waals surface area contributed by atoms with E-state index in [0.717, 1.165) is 29.2 Å². The molecule has 0 bridgehead atoms. The molecule has 0 amide bonds. The molecule has 0 saturated carbocycles. The highest BCUT2D eigenvalue weighted by Gasteiger charge is 2.01. The summed E-state index contributed by atoms with van der Waals surface area (Å²) in [6, 6.07) is 7.71. The van der Waals surface area contributed by atoms with Crippen LogP contribution in [-0.2, 0) is 6.42 Å². The first kappa shape index (κ1) is 11.0. The Bertz CT molecular complexity index is 449. The van der Waals surface area contributed by atoms with Gasteiger partial charge in [-0.15, -0.1) is 5.10 Å². The maximum absolute atomic E-state index is 5.62. The number of aromatic nitrogens is 3. The average Bonchev–Trinajstić information content (AvgIpc) is 2.70. The number of hydrogen-bond acceptors (Lipinski definition) is 4. The zero-order chi connectivity index (χ0) is 11.4. The van der Waals surface area contributed by atoms with Crippen molar-refractivity contribution in [3.05, 3.63) is 36.4 Å². The molecule has 4 nitrogen and oxygen atoms in total. The molecule has 84 valence electrons. The van der Waals surface area contributed by atoms with Gasteiger partial charge in [0, 0.05) is 29.0 Å². The molecule has 0 unspecified atom stereocenters. The third-order valence-electron chi connectivity index (χ3n) is 2.07. The van der Waals surface area contributed by atoms with Crippen LogP contribution in [0.1, 0.15) is 19.2 Å². The van der Waals surface area contributed by atoms with Crippen LogP contribution in [0.15, 0.2) is 35.5 Å². The van der Waals surface area contributed by atoms with Crippen molar-refractivity contribution < 1.29 is 0 Å². The quantitative estimate of drug-likeness (QED) is 0.825. The summed E-state index contributed by atoms with van der Waals surface area (Å²) in [5, 5.41) is 4.35. The van der Waals surface area contributed by atoms with Crippen molar-refractivity contribution >= 4 is 17.6 Å². The van der Waals surface area contributed by atoms with Gasteiger partial charge in [-0.2, -0.15) is 4.09 Å². The molecule has 2 N–H and O–H groups in total. The van der Waals surface area contributed by atoms with E-state index in [1.165, 1.54) is 11.9 Å². The van der Waals surface area contributed by atoms with Gasteiger partial charge < -0.3 is 5.73 Å². The molecule has 1 aromatic heterocycles. The fraction of sp³-hybridized carbons (Fsp3) is 0.273. The van der Waals surface area contributed by atoms with E-state index < -0.39 is 0 Å². The van der Waals surface area contributed by atoms with E-state index in [2.05, 4.69) is 17.0 Å². The van der Waals surface area contributed by atoms with E-state index in [1.54, 1.807) is 10.4 Å². The molecule has 0 radical (unpaired) electrons. The van der Waals surface area contributed by atoms with Gasteiger partial charge >= 0.3 is 0 Å². The van der Waals surface area contributed by atoms with Crippen LogP contribution in [-0.4, -0.2) is 14.2 Å². The summed E-state index contributed by atoms with van der Waals surface area (Å²) in [4.78, 5) is 5.33. The standard InChI is InChI=1S/C11H14N4S/c1-2-3-11-13-8-15(14-11)16-10-6-4-9(12)5-7-10/h4-8H,2-3,12H2,1H3. The third kappa shape index (κ3) is 2.76. The lowest BCUT2D eigenvalue weighted by Crippen LogP contribution is -1.91. The molecule has 0 aliphatic rings. The fourth-order valence-corrected chi connectivity index (χ4v) is 2.00. The van der Waals surface area contributed by atoms with Crippen LogP contribution < -0.4 is 5.73 Å². The van der Waals surface area contributed by atoms with Gasteiger partial charge in [-0.1, -0.05) is 6.92 Å². The summed E-state index contributed by atoms with van der Waals surface area (Å²) in [7, 11) is 0. The van der Waals surface area contributed by atoms with Crippen molar-refractivity contribution in [3.63, 3.8) is 0 Å². The summed E-state index contributed by atoms with van der Waals surface area (Å²) in [5.74, 6) is 0.894. The van der Waals surface area contributed by atoms with Gasteiger partial charge in [0.05, 0.1) is 0 Å². The van der Waals surface area contributed by atoms with Crippen molar-refractivity contribution in [2.24, 2.45) is 0 Å². The molecule has 2 aromatic rings. The minimum Gasteiger partial charge on any atom is -0.399 e. The Morgan fingerprint density at radius 2 is 2.06 bits per heavy atom. The first-order valence-electron chi connectivity index (χ1n) is 5.22. The van der Waals surface area contributed by atoms with E-state index in [1.807, 2.05) is 24.3 Å². The van der Waals surface area contributed by atoms with Gasteiger partial charge in [-0.05, 0) is 30.7 Å². The lowest BCUT2D eigenvalue weighted by molar-refractivity contribution is 0.831. The first-order valence-corrected chi connectivity index (χ1v) is 5.99. The second-order valence-electron chi connectivity index (χ2n) is 3.47. The highest BCUT2D eigenvalue weighted by Crippen LogP contribution is 2.20.